The molecule has 0 aliphatic heterocycles. The van der Waals surface area contributed by atoms with Gasteiger partial charge in [0.1, 0.15) is 0 Å². The van der Waals surface area contributed by atoms with Crippen molar-refractivity contribution in [1.82, 2.24) is 4.57 Å². The summed E-state index contributed by atoms with van der Waals surface area (Å²) in [6.07, 6.45) is 0. The first kappa shape index (κ1) is 36.8. The molecule has 2 heteroatoms. The standard InChI is InChI=1S/C60H42N2/c1-3-20-44(21-4-1)49-26-7-8-28-51(49)52-29-9-10-30-53(52)54-31-12-16-35-58(54)61(57-34-15-11-27-50(57)45-22-5-2-6-23-45)47-40-38-43(39-41-47)46-24-19-25-48(42-46)62-59-36-17-13-32-55(59)56-33-14-18-37-60(56)62/h1-42H. The van der Waals surface area contributed by atoms with E-state index in [2.05, 4.69) is 264 Å². The largest absolute Gasteiger partial charge is 0.309 e. The lowest BCUT2D eigenvalue weighted by atomic mass is 9.88. The molecule has 0 saturated carbocycles. The van der Waals surface area contributed by atoms with Gasteiger partial charge in [0.25, 0.3) is 0 Å². The Morgan fingerprint density at radius 3 is 1.29 bits per heavy atom. The molecular formula is C60H42N2. The molecule has 1 aromatic heterocycles. The van der Waals surface area contributed by atoms with Gasteiger partial charge in [-0.15, -0.1) is 0 Å². The predicted octanol–water partition coefficient (Wildman–Crippen LogP) is 16.6. The molecule has 0 radical (unpaired) electrons. The first-order valence-electron chi connectivity index (χ1n) is 21.3. The molecule has 1 heterocycles. The molecule has 0 aliphatic rings. The number of nitrogens with zero attached hydrogens (tertiary/aromatic N) is 2. The summed E-state index contributed by atoms with van der Waals surface area (Å²) >= 11 is 0. The third kappa shape index (κ3) is 6.65. The van der Waals surface area contributed by atoms with Crippen LogP contribution in [0.25, 0.3) is 83.1 Å². The molecule has 0 fully saturated rings. The minimum Gasteiger partial charge on any atom is -0.309 e. The molecule has 0 spiro atoms. The van der Waals surface area contributed by atoms with Crippen LogP contribution in [0, 0.1) is 0 Å². The minimum absolute atomic E-state index is 1.07. The Morgan fingerprint density at radius 2 is 0.677 bits per heavy atom. The molecular weight excluding hydrogens is 749 g/mol. The van der Waals surface area contributed by atoms with Crippen molar-refractivity contribution in [2.45, 2.75) is 0 Å². The van der Waals surface area contributed by atoms with Crippen molar-refractivity contribution in [2.24, 2.45) is 0 Å². The second-order valence-electron chi connectivity index (χ2n) is 15.7. The highest BCUT2D eigenvalue weighted by Crippen LogP contribution is 2.47. The van der Waals surface area contributed by atoms with Crippen molar-refractivity contribution in [3.63, 3.8) is 0 Å². The van der Waals surface area contributed by atoms with E-state index < -0.39 is 0 Å². The minimum atomic E-state index is 1.07. The SMILES string of the molecule is c1ccc(-c2ccccc2-c2ccccc2-c2ccccc2N(c2ccc(-c3cccc(-n4c5ccccc5c5ccccc54)c3)cc2)c2ccccc2-c2ccccc2)cc1. The van der Waals surface area contributed by atoms with Crippen LogP contribution in [0.2, 0.25) is 0 Å². The van der Waals surface area contributed by atoms with E-state index in [1.54, 1.807) is 0 Å². The Morgan fingerprint density at radius 1 is 0.258 bits per heavy atom. The fourth-order valence-electron chi connectivity index (χ4n) is 9.20. The Kier molecular flexibility index (Phi) is 9.57. The average molecular weight is 791 g/mol. The average Bonchev–Trinajstić information content (AvgIpc) is 3.70. The number of benzene rings is 10. The third-order valence-corrected chi connectivity index (χ3v) is 12.0. The molecule has 62 heavy (non-hydrogen) atoms. The molecule has 0 unspecified atom stereocenters. The number of hydrogen-bond donors (Lipinski definition) is 0. The molecule has 0 saturated heterocycles. The number of para-hydroxylation sites is 4. The molecule has 11 aromatic rings. The maximum Gasteiger partial charge on any atom is 0.0541 e. The van der Waals surface area contributed by atoms with Gasteiger partial charge in [0.2, 0.25) is 0 Å². The number of rotatable bonds is 9. The van der Waals surface area contributed by atoms with Crippen molar-refractivity contribution in [3.8, 4) is 61.3 Å². The van der Waals surface area contributed by atoms with Crippen molar-refractivity contribution in [3.05, 3.63) is 255 Å². The van der Waals surface area contributed by atoms with E-state index in [0.717, 1.165) is 39.4 Å². The lowest BCUT2D eigenvalue weighted by molar-refractivity contribution is 1.18. The Bertz CT molecular complexity index is 3290. The number of aromatic nitrogens is 1. The summed E-state index contributed by atoms with van der Waals surface area (Å²) in [5, 5.41) is 2.52. The second-order valence-corrected chi connectivity index (χ2v) is 15.7. The van der Waals surface area contributed by atoms with Crippen LogP contribution in [0.3, 0.4) is 0 Å². The summed E-state index contributed by atoms with van der Waals surface area (Å²) in [6.45, 7) is 0. The zero-order valence-electron chi connectivity index (χ0n) is 34.1. The van der Waals surface area contributed by atoms with Crippen LogP contribution in [0.5, 0.6) is 0 Å². The Labute approximate surface area is 362 Å². The quantitative estimate of drug-likeness (QED) is 0.141. The molecule has 0 aliphatic carbocycles. The van der Waals surface area contributed by atoms with Gasteiger partial charge in [-0.25, -0.2) is 0 Å². The topological polar surface area (TPSA) is 8.17 Å². The highest BCUT2D eigenvalue weighted by molar-refractivity contribution is 6.09. The first-order valence-corrected chi connectivity index (χ1v) is 21.3. The highest BCUT2D eigenvalue weighted by atomic mass is 15.1. The van der Waals surface area contributed by atoms with E-state index >= 15 is 0 Å². The van der Waals surface area contributed by atoms with Gasteiger partial charge >= 0.3 is 0 Å². The zero-order valence-corrected chi connectivity index (χ0v) is 34.1. The summed E-state index contributed by atoms with van der Waals surface area (Å²) in [6, 6.07) is 92.0. The molecule has 10 aromatic carbocycles. The van der Waals surface area contributed by atoms with Gasteiger partial charge in [-0.3, -0.25) is 0 Å². The summed E-state index contributed by atoms with van der Waals surface area (Å²) in [5.41, 5.74) is 18.6. The van der Waals surface area contributed by atoms with E-state index in [0.29, 0.717) is 0 Å². The van der Waals surface area contributed by atoms with Crippen LogP contribution in [0.4, 0.5) is 17.1 Å². The maximum atomic E-state index is 2.44. The van der Waals surface area contributed by atoms with Crippen LogP contribution in [-0.2, 0) is 0 Å². The molecule has 292 valence electrons. The first-order chi connectivity index (χ1) is 30.8. The van der Waals surface area contributed by atoms with E-state index in [1.165, 1.54) is 60.8 Å². The van der Waals surface area contributed by atoms with Gasteiger partial charge < -0.3 is 9.47 Å². The molecule has 0 bridgehead atoms. The van der Waals surface area contributed by atoms with Crippen molar-refractivity contribution in [2.75, 3.05) is 4.90 Å². The molecule has 2 nitrogen and oxygen atoms in total. The van der Waals surface area contributed by atoms with Crippen molar-refractivity contribution in [1.29, 1.82) is 0 Å². The highest BCUT2D eigenvalue weighted by Gasteiger charge is 2.22. The summed E-state index contributed by atoms with van der Waals surface area (Å²) in [4.78, 5) is 2.44. The molecule has 11 rings (SSSR count). The Hall–Kier alpha value is -8.20. The monoisotopic (exact) mass is 790 g/mol. The number of fused-ring (bicyclic) bond motifs is 3. The zero-order chi connectivity index (χ0) is 41.2. The lowest BCUT2D eigenvalue weighted by Gasteiger charge is -2.30. The van der Waals surface area contributed by atoms with Gasteiger partial charge in [0.15, 0.2) is 0 Å². The van der Waals surface area contributed by atoms with Crippen molar-refractivity contribution >= 4 is 38.9 Å². The van der Waals surface area contributed by atoms with E-state index in [4.69, 9.17) is 0 Å². The maximum absolute atomic E-state index is 2.44. The number of anilines is 3. The van der Waals surface area contributed by atoms with E-state index in [9.17, 15) is 0 Å². The second kappa shape index (κ2) is 16.1. The van der Waals surface area contributed by atoms with Gasteiger partial charge in [0, 0.05) is 33.3 Å². The van der Waals surface area contributed by atoms with Gasteiger partial charge in [-0.2, -0.15) is 0 Å². The summed E-state index contributed by atoms with van der Waals surface area (Å²) < 4.78 is 2.39. The van der Waals surface area contributed by atoms with Gasteiger partial charge in [0.05, 0.1) is 22.4 Å². The molecule has 0 atom stereocenters. The number of hydrogen-bond acceptors (Lipinski definition) is 1. The smallest absolute Gasteiger partial charge is 0.0541 e. The lowest BCUT2D eigenvalue weighted by Crippen LogP contribution is -2.12. The van der Waals surface area contributed by atoms with E-state index in [1.807, 2.05) is 0 Å². The van der Waals surface area contributed by atoms with Crippen LogP contribution < -0.4 is 4.90 Å². The van der Waals surface area contributed by atoms with E-state index in [-0.39, 0.29) is 0 Å². The van der Waals surface area contributed by atoms with Crippen LogP contribution in [0.15, 0.2) is 255 Å². The molecule has 0 N–H and O–H groups in total. The summed E-state index contributed by atoms with van der Waals surface area (Å²) in [7, 11) is 0. The van der Waals surface area contributed by atoms with Crippen LogP contribution in [0.1, 0.15) is 0 Å². The molecule has 0 amide bonds. The fourth-order valence-corrected chi connectivity index (χ4v) is 9.20. The van der Waals surface area contributed by atoms with Gasteiger partial charge in [-0.1, -0.05) is 206 Å². The normalized spacial score (nSPS) is 11.2. The Balaban J connectivity index is 1.06. The predicted molar refractivity (Wildman–Crippen MR) is 263 cm³/mol. The summed E-state index contributed by atoms with van der Waals surface area (Å²) in [5.74, 6) is 0. The van der Waals surface area contributed by atoms with Gasteiger partial charge in [-0.05, 0) is 93.0 Å². The fraction of sp³-hybridized carbons (Fsp3) is 0. The third-order valence-electron chi connectivity index (χ3n) is 12.0. The van der Waals surface area contributed by atoms with Crippen LogP contribution in [-0.4, -0.2) is 4.57 Å². The van der Waals surface area contributed by atoms with Crippen molar-refractivity contribution < 1.29 is 0 Å². The van der Waals surface area contributed by atoms with Crippen LogP contribution >= 0.6 is 0 Å².